The van der Waals surface area contributed by atoms with Crippen LogP contribution in [0, 0.1) is 12.7 Å². The Hall–Kier alpha value is -3.88. The molecule has 196 valence electrons. The average Bonchev–Trinajstić information content (AvgIpc) is 3.56. The third-order valence-corrected chi connectivity index (χ3v) is 7.37. The largest absolute Gasteiger partial charge is 2.00 e. The fourth-order valence-corrected chi connectivity index (χ4v) is 6.05. The molecule has 0 radical (unpaired) electrons. The Morgan fingerprint density at radius 1 is 0.821 bits per heavy atom. The van der Waals surface area contributed by atoms with Crippen LogP contribution in [0.3, 0.4) is 0 Å². The minimum Gasteiger partial charge on any atom is -0.512 e. The summed E-state index contributed by atoms with van der Waals surface area (Å²) in [6.45, 7) is 4.94. The van der Waals surface area contributed by atoms with Crippen molar-refractivity contribution in [1.82, 2.24) is 4.90 Å². The smallest absolute Gasteiger partial charge is 0.512 e. The summed E-state index contributed by atoms with van der Waals surface area (Å²) in [4.78, 5) is 14.2. The number of ketones is 1. The van der Waals surface area contributed by atoms with E-state index in [0.29, 0.717) is 0 Å². The van der Waals surface area contributed by atoms with Crippen molar-refractivity contribution < 1.29 is 31.0 Å². The molecule has 39 heavy (non-hydrogen) atoms. The molecule has 3 aliphatic rings. The molecule has 0 fully saturated rings. The van der Waals surface area contributed by atoms with Gasteiger partial charge in [0.2, 0.25) is 0 Å². The van der Waals surface area contributed by atoms with Gasteiger partial charge < -0.3 is 14.9 Å². The van der Waals surface area contributed by atoms with Gasteiger partial charge in [-0.1, -0.05) is 78.4 Å². The molecule has 1 heterocycles. The molecule has 0 bridgehead atoms. The average molecular weight is 692 g/mol. The number of hydrogen-bond donors (Lipinski definition) is 1. The van der Waals surface area contributed by atoms with E-state index < -0.39 is 0 Å². The molecule has 1 N–H and O–H groups in total. The van der Waals surface area contributed by atoms with Gasteiger partial charge >= 0.3 is 21.1 Å². The first-order chi connectivity index (χ1) is 18.4. The van der Waals surface area contributed by atoms with Gasteiger partial charge in [-0.05, 0) is 61.1 Å². The molecule has 7 rings (SSSR count). The van der Waals surface area contributed by atoms with Crippen LogP contribution in [0.1, 0.15) is 36.1 Å². The molecule has 4 aromatic rings. The van der Waals surface area contributed by atoms with Crippen LogP contribution in [0.15, 0.2) is 109 Å². The third-order valence-electron chi connectivity index (χ3n) is 7.37. The van der Waals surface area contributed by atoms with Crippen molar-refractivity contribution in [2.45, 2.75) is 19.3 Å². The Bertz CT molecular complexity index is 1570. The Labute approximate surface area is 244 Å². The number of nitrogens with zero attached hydrogens (tertiary/aromatic N) is 2. The SMILES string of the molecule is CC(=O)/C=C(/C)O.CN1C=CN(c2[c-]cc3c(c2)C2(c4ccccc4-c4ccccc42)c2ccccc2-3)[CH-]1.[Pt+2]. The van der Waals surface area contributed by atoms with E-state index in [9.17, 15) is 4.79 Å². The van der Waals surface area contributed by atoms with Gasteiger partial charge in [0.05, 0.1) is 5.76 Å². The zero-order valence-corrected chi connectivity index (χ0v) is 24.2. The zero-order chi connectivity index (χ0) is 26.4. The molecule has 4 nitrogen and oxygen atoms in total. The van der Waals surface area contributed by atoms with Crippen LogP contribution in [0.25, 0.3) is 22.3 Å². The first kappa shape index (κ1) is 26.7. The van der Waals surface area contributed by atoms with E-state index in [1.54, 1.807) is 0 Å². The summed E-state index contributed by atoms with van der Waals surface area (Å²) >= 11 is 0. The molecule has 1 aliphatic heterocycles. The van der Waals surface area contributed by atoms with Crippen LogP contribution < -0.4 is 4.90 Å². The number of hydrogen-bond acceptors (Lipinski definition) is 4. The van der Waals surface area contributed by atoms with E-state index in [2.05, 4.69) is 120 Å². The van der Waals surface area contributed by atoms with Crippen molar-refractivity contribution in [3.8, 4) is 22.3 Å². The van der Waals surface area contributed by atoms with Crippen LogP contribution in [-0.2, 0) is 31.3 Å². The predicted octanol–water partition coefficient (Wildman–Crippen LogP) is 7.21. The maximum atomic E-state index is 10.0. The van der Waals surface area contributed by atoms with Gasteiger partial charge in [0.15, 0.2) is 5.78 Å². The Kier molecular flexibility index (Phi) is 7.09. The second-order valence-corrected chi connectivity index (χ2v) is 9.92. The van der Waals surface area contributed by atoms with E-state index in [1.807, 2.05) is 7.05 Å². The van der Waals surface area contributed by atoms with Crippen molar-refractivity contribution in [3.05, 3.63) is 144 Å². The molecule has 5 heteroatoms. The number of aliphatic hydroxyl groups excluding tert-OH is 1. The van der Waals surface area contributed by atoms with Crippen molar-refractivity contribution in [2.75, 3.05) is 11.9 Å². The molecule has 4 aromatic carbocycles. The van der Waals surface area contributed by atoms with Gasteiger partial charge in [0.25, 0.3) is 0 Å². The molecule has 1 spiro atoms. The molecule has 0 aromatic heterocycles. The minimum absolute atomic E-state index is 0. The van der Waals surface area contributed by atoms with Crippen molar-refractivity contribution in [2.24, 2.45) is 0 Å². The first-order valence-electron chi connectivity index (χ1n) is 12.7. The number of allylic oxidation sites excluding steroid dienone is 2. The van der Waals surface area contributed by atoms with Gasteiger partial charge in [-0.2, -0.15) is 18.8 Å². The quantitative estimate of drug-likeness (QED) is 0.119. The maximum absolute atomic E-state index is 10.0. The predicted molar refractivity (Wildman–Crippen MR) is 152 cm³/mol. The number of benzene rings is 4. The van der Waals surface area contributed by atoms with E-state index in [4.69, 9.17) is 5.11 Å². The molecule has 2 aliphatic carbocycles. The molecule has 0 saturated carbocycles. The Morgan fingerprint density at radius 2 is 1.33 bits per heavy atom. The van der Waals surface area contributed by atoms with Crippen LogP contribution in [0.5, 0.6) is 0 Å². The van der Waals surface area contributed by atoms with Crippen LogP contribution >= 0.6 is 0 Å². The topological polar surface area (TPSA) is 43.8 Å². The molecule has 0 saturated heterocycles. The molecule has 0 amide bonds. The fourth-order valence-electron chi connectivity index (χ4n) is 6.05. The fraction of sp³-hybridized carbons (Fsp3) is 0.118. The Balaban J connectivity index is 0.000000345. The summed E-state index contributed by atoms with van der Waals surface area (Å²) in [5.41, 5.74) is 11.5. The first-order valence-corrected chi connectivity index (χ1v) is 12.7. The summed E-state index contributed by atoms with van der Waals surface area (Å²) in [6, 6.07) is 34.8. The maximum Gasteiger partial charge on any atom is 2.00 e. The number of anilines is 1. The van der Waals surface area contributed by atoms with Crippen LogP contribution in [-0.4, -0.2) is 22.8 Å². The van der Waals surface area contributed by atoms with E-state index in [0.717, 1.165) is 5.69 Å². The minimum atomic E-state index is -0.293. The van der Waals surface area contributed by atoms with E-state index in [1.165, 1.54) is 64.4 Å². The van der Waals surface area contributed by atoms with Gasteiger partial charge in [-0.15, -0.1) is 22.9 Å². The zero-order valence-electron chi connectivity index (χ0n) is 22.0. The van der Waals surface area contributed by atoms with Crippen LogP contribution in [0.2, 0.25) is 0 Å². The molecule has 0 unspecified atom stereocenters. The molecule has 0 atom stereocenters. The number of carbonyl (C=O) groups excluding carboxylic acids is 1. The monoisotopic (exact) mass is 691 g/mol. The van der Waals surface area contributed by atoms with Crippen molar-refractivity contribution >= 4 is 11.5 Å². The number of carbonyl (C=O) groups is 1. The number of fused-ring (bicyclic) bond motifs is 10. The van der Waals surface area contributed by atoms with Gasteiger partial charge in [0, 0.05) is 11.5 Å². The summed E-state index contributed by atoms with van der Waals surface area (Å²) in [5.74, 6) is -0.0625. The number of aliphatic hydroxyl groups is 1. The van der Waals surface area contributed by atoms with Crippen LogP contribution in [0.4, 0.5) is 5.69 Å². The molecular weight excluding hydrogens is 663 g/mol. The van der Waals surface area contributed by atoms with E-state index in [-0.39, 0.29) is 38.0 Å². The second-order valence-electron chi connectivity index (χ2n) is 9.92. The summed E-state index contributed by atoms with van der Waals surface area (Å²) in [6.07, 6.45) is 5.31. The van der Waals surface area contributed by atoms with Gasteiger partial charge in [-0.25, -0.2) is 0 Å². The van der Waals surface area contributed by atoms with Gasteiger partial charge in [0.1, 0.15) is 0 Å². The van der Waals surface area contributed by atoms with E-state index >= 15 is 0 Å². The number of rotatable bonds is 2. The van der Waals surface area contributed by atoms with Gasteiger partial charge in [-0.3, -0.25) is 4.79 Å². The molecular formula is C34H28N2O2Pt. The third kappa shape index (κ3) is 4.24. The normalized spacial score (nSPS) is 15.1. The summed E-state index contributed by atoms with van der Waals surface area (Å²) in [7, 11) is 2.05. The van der Waals surface area contributed by atoms with Crippen molar-refractivity contribution in [1.29, 1.82) is 0 Å². The standard InChI is InChI=1S/C29H20N2.C5H8O2.Pt/c1-30-16-17-31(19-30)20-14-15-24-23-10-4-7-13-27(23)29(28(24)18-20)25-11-5-2-8-21(25)22-9-3-6-12-26(22)29;1-4(6)3-5(2)7;/h2-13,15-19H,1H3;3,6H,1-2H3;/q-2;;+2/b;4-3-;. The summed E-state index contributed by atoms with van der Waals surface area (Å²) < 4.78 is 0. The van der Waals surface area contributed by atoms with Crippen molar-refractivity contribution in [3.63, 3.8) is 0 Å². The summed E-state index contributed by atoms with van der Waals surface area (Å²) in [5, 5.41) is 8.36. The second kappa shape index (κ2) is 10.4. The Morgan fingerprint density at radius 3 is 1.77 bits per heavy atom.